The standard InChI is InChI=1S/C11H10BrClN2O2/c1-3-17-11(16)7-5-14-15-9(7)6(2)4-8(12)10(15)13/h4-5H,3H2,1-2H3. The third kappa shape index (κ3) is 2.05. The summed E-state index contributed by atoms with van der Waals surface area (Å²) in [5.41, 5.74) is 2.01. The Balaban J connectivity index is 2.69. The van der Waals surface area contributed by atoms with Crippen molar-refractivity contribution in [2.45, 2.75) is 13.8 Å². The lowest BCUT2D eigenvalue weighted by Crippen LogP contribution is -2.05. The molecule has 0 bridgehead atoms. The number of rotatable bonds is 2. The minimum atomic E-state index is -0.385. The molecule has 2 aromatic rings. The summed E-state index contributed by atoms with van der Waals surface area (Å²) in [6.07, 6.45) is 1.47. The van der Waals surface area contributed by atoms with Crippen LogP contribution in [0.4, 0.5) is 0 Å². The minimum absolute atomic E-state index is 0.333. The molecule has 0 atom stereocenters. The highest BCUT2D eigenvalue weighted by Crippen LogP contribution is 2.28. The number of hydrogen-bond donors (Lipinski definition) is 0. The van der Waals surface area contributed by atoms with Gasteiger partial charge in [-0.15, -0.1) is 0 Å². The first-order chi connectivity index (χ1) is 8.06. The molecule has 17 heavy (non-hydrogen) atoms. The van der Waals surface area contributed by atoms with Crippen LogP contribution in [0.3, 0.4) is 0 Å². The maximum atomic E-state index is 11.7. The van der Waals surface area contributed by atoms with Crippen molar-refractivity contribution >= 4 is 39.0 Å². The van der Waals surface area contributed by atoms with E-state index < -0.39 is 0 Å². The van der Waals surface area contributed by atoms with E-state index in [2.05, 4.69) is 21.0 Å². The fourth-order valence-electron chi connectivity index (χ4n) is 1.65. The Hall–Kier alpha value is -1.07. The molecule has 90 valence electrons. The Bertz CT molecular complexity index is 595. The molecule has 0 aromatic carbocycles. The molecule has 6 heteroatoms. The summed E-state index contributed by atoms with van der Waals surface area (Å²) < 4.78 is 7.23. The van der Waals surface area contributed by atoms with Crippen LogP contribution in [0.5, 0.6) is 0 Å². The van der Waals surface area contributed by atoms with Crippen molar-refractivity contribution in [1.82, 2.24) is 9.61 Å². The largest absolute Gasteiger partial charge is 0.462 e. The number of carbonyl (C=O) groups is 1. The molecular formula is C11H10BrClN2O2. The summed E-state index contributed by atoms with van der Waals surface area (Å²) in [6.45, 7) is 3.99. The van der Waals surface area contributed by atoms with Gasteiger partial charge in [0.05, 0.1) is 22.8 Å². The van der Waals surface area contributed by atoms with Crippen molar-refractivity contribution in [2.24, 2.45) is 0 Å². The van der Waals surface area contributed by atoms with Crippen LogP contribution in [-0.4, -0.2) is 22.2 Å². The first-order valence-corrected chi connectivity index (χ1v) is 6.22. The van der Waals surface area contributed by atoms with E-state index in [1.165, 1.54) is 10.7 Å². The molecule has 0 spiro atoms. The molecule has 0 aliphatic rings. The van der Waals surface area contributed by atoms with Crippen LogP contribution in [0.1, 0.15) is 22.8 Å². The lowest BCUT2D eigenvalue weighted by Gasteiger charge is -2.05. The first kappa shape index (κ1) is 12.4. The molecule has 0 fully saturated rings. The van der Waals surface area contributed by atoms with Gasteiger partial charge in [-0.1, -0.05) is 11.6 Å². The third-order valence-electron chi connectivity index (χ3n) is 2.36. The number of esters is 1. The van der Waals surface area contributed by atoms with E-state index in [1.54, 1.807) is 6.92 Å². The highest BCUT2D eigenvalue weighted by molar-refractivity contribution is 9.10. The number of halogens is 2. The first-order valence-electron chi connectivity index (χ1n) is 5.05. The van der Waals surface area contributed by atoms with E-state index in [9.17, 15) is 4.79 Å². The highest BCUT2D eigenvalue weighted by Gasteiger charge is 2.18. The number of aryl methyl sites for hydroxylation is 1. The SMILES string of the molecule is CCOC(=O)c1cnn2c(Cl)c(Br)cc(C)c12. The van der Waals surface area contributed by atoms with Crippen molar-refractivity contribution in [3.8, 4) is 0 Å². The predicted octanol–water partition coefficient (Wildman–Crippen LogP) is 3.24. The molecule has 2 aromatic heterocycles. The summed E-state index contributed by atoms with van der Waals surface area (Å²) in [5.74, 6) is -0.385. The van der Waals surface area contributed by atoms with Crippen molar-refractivity contribution in [3.63, 3.8) is 0 Å². The van der Waals surface area contributed by atoms with Gasteiger partial charge < -0.3 is 4.74 Å². The zero-order chi connectivity index (χ0) is 12.6. The second-order valence-corrected chi connectivity index (χ2v) is 4.72. The molecule has 2 rings (SSSR count). The second kappa shape index (κ2) is 4.66. The molecule has 0 aliphatic carbocycles. The highest BCUT2D eigenvalue weighted by atomic mass is 79.9. The lowest BCUT2D eigenvalue weighted by molar-refractivity contribution is 0.0528. The van der Waals surface area contributed by atoms with Crippen LogP contribution >= 0.6 is 27.5 Å². The zero-order valence-corrected chi connectivity index (χ0v) is 11.7. The van der Waals surface area contributed by atoms with Crippen molar-refractivity contribution in [1.29, 1.82) is 0 Å². The summed E-state index contributed by atoms with van der Waals surface area (Å²) in [5, 5.41) is 4.53. The van der Waals surface area contributed by atoms with E-state index in [0.717, 1.165) is 10.0 Å². The number of nitrogens with zero attached hydrogens (tertiary/aromatic N) is 2. The van der Waals surface area contributed by atoms with Gasteiger partial charge in [0.1, 0.15) is 10.7 Å². The molecule has 0 radical (unpaired) electrons. The summed E-state index contributed by atoms with van der Waals surface area (Å²) in [6, 6.07) is 1.85. The summed E-state index contributed by atoms with van der Waals surface area (Å²) in [7, 11) is 0. The monoisotopic (exact) mass is 316 g/mol. The number of fused-ring (bicyclic) bond motifs is 1. The van der Waals surface area contributed by atoms with Gasteiger partial charge in [-0.3, -0.25) is 0 Å². The van der Waals surface area contributed by atoms with Crippen LogP contribution < -0.4 is 0 Å². The third-order valence-corrected chi connectivity index (χ3v) is 3.56. The average Bonchev–Trinajstić information content (AvgIpc) is 2.71. The normalized spacial score (nSPS) is 10.8. The zero-order valence-electron chi connectivity index (χ0n) is 9.33. The molecule has 2 heterocycles. The summed E-state index contributed by atoms with van der Waals surface area (Å²) >= 11 is 9.43. The Morgan fingerprint density at radius 2 is 2.35 bits per heavy atom. The van der Waals surface area contributed by atoms with Gasteiger partial charge in [-0.25, -0.2) is 9.31 Å². The van der Waals surface area contributed by atoms with Crippen LogP contribution in [0.15, 0.2) is 16.7 Å². The van der Waals surface area contributed by atoms with Gasteiger partial charge in [0.25, 0.3) is 0 Å². The maximum absolute atomic E-state index is 11.7. The van der Waals surface area contributed by atoms with Gasteiger partial charge in [-0.2, -0.15) is 5.10 Å². The van der Waals surface area contributed by atoms with Gasteiger partial charge in [0.15, 0.2) is 0 Å². The Kier molecular flexibility index (Phi) is 3.40. The van der Waals surface area contributed by atoms with E-state index in [1.807, 2.05) is 13.0 Å². The minimum Gasteiger partial charge on any atom is -0.462 e. The van der Waals surface area contributed by atoms with Crippen molar-refractivity contribution in [3.05, 3.63) is 33.0 Å². The fourth-order valence-corrected chi connectivity index (χ4v) is 2.35. The Morgan fingerprint density at radius 1 is 1.65 bits per heavy atom. The van der Waals surface area contributed by atoms with E-state index in [-0.39, 0.29) is 5.97 Å². The fraction of sp³-hybridized carbons (Fsp3) is 0.273. The number of aromatic nitrogens is 2. The molecular weight excluding hydrogens is 307 g/mol. The quantitative estimate of drug-likeness (QED) is 0.631. The lowest BCUT2D eigenvalue weighted by atomic mass is 10.2. The second-order valence-electron chi connectivity index (χ2n) is 3.51. The molecule has 4 nitrogen and oxygen atoms in total. The van der Waals surface area contributed by atoms with E-state index in [4.69, 9.17) is 16.3 Å². The number of hydrogen-bond acceptors (Lipinski definition) is 3. The van der Waals surface area contributed by atoms with Gasteiger partial charge in [0, 0.05) is 0 Å². The predicted molar refractivity (Wildman–Crippen MR) is 68.6 cm³/mol. The average molecular weight is 318 g/mol. The van der Waals surface area contributed by atoms with Gasteiger partial charge >= 0.3 is 5.97 Å². The smallest absolute Gasteiger partial charge is 0.341 e. The molecule has 0 N–H and O–H groups in total. The van der Waals surface area contributed by atoms with E-state index >= 15 is 0 Å². The number of pyridine rings is 1. The number of carbonyl (C=O) groups excluding carboxylic acids is 1. The van der Waals surface area contributed by atoms with Gasteiger partial charge in [0.2, 0.25) is 0 Å². The topological polar surface area (TPSA) is 43.6 Å². The number of ether oxygens (including phenoxy) is 1. The van der Waals surface area contributed by atoms with E-state index in [0.29, 0.717) is 22.8 Å². The molecule has 0 unspecified atom stereocenters. The molecule has 0 amide bonds. The Morgan fingerprint density at radius 3 is 3.00 bits per heavy atom. The van der Waals surface area contributed by atoms with Crippen LogP contribution in [0, 0.1) is 6.92 Å². The van der Waals surface area contributed by atoms with Crippen molar-refractivity contribution < 1.29 is 9.53 Å². The molecule has 0 saturated carbocycles. The maximum Gasteiger partial charge on any atom is 0.341 e. The molecule has 0 aliphatic heterocycles. The van der Waals surface area contributed by atoms with Crippen LogP contribution in [-0.2, 0) is 4.74 Å². The van der Waals surface area contributed by atoms with Crippen LogP contribution in [0.2, 0.25) is 5.15 Å². The molecule has 0 saturated heterocycles. The van der Waals surface area contributed by atoms with Crippen molar-refractivity contribution in [2.75, 3.05) is 6.61 Å². The summed E-state index contributed by atoms with van der Waals surface area (Å²) in [4.78, 5) is 11.7. The van der Waals surface area contributed by atoms with Gasteiger partial charge in [-0.05, 0) is 41.4 Å². The Labute approximate surface area is 112 Å². The van der Waals surface area contributed by atoms with Crippen LogP contribution in [0.25, 0.3) is 5.52 Å².